The van der Waals surface area contributed by atoms with Crippen LogP contribution in [0.5, 0.6) is 0 Å². The molecule has 2 aromatic carbocycles. The number of halogens is 1. The van der Waals surface area contributed by atoms with E-state index in [1.807, 2.05) is 24.3 Å². The van der Waals surface area contributed by atoms with Crippen molar-refractivity contribution in [3.05, 3.63) is 70.2 Å². The monoisotopic (exact) mass is 433 g/mol. The zero-order valence-electron chi connectivity index (χ0n) is 17.2. The van der Waals surface area contributed by atoms with E-state index in [-0.39, 0.29) is 35.3 Å². The Morgan fingerprint density at radius 2 is 1.62 bits per heavy atom. The van der Waals surface area contributed by atoms with Crippen molar-refractivity contribution in [1.29, 1.82) is 0 Å². The highest BCUT2D eigenvalue weighted by molar-refractivity contribution is 7.91. The third kappa shape index (κ3) is 5.83. The maximum absolute atomic E-state index is 13.1. The Bertz CT molecular complexity index is 961. The second-order valence-corrected chi connectivity index (χ2v) is 11.5. The molecule has 156 valence electrons. The van der Waals surface area contributed by atoms with Gasteiger partial charge in [0.05, 0.1) is 17.9 Å². The lowest BCUT2D eigenvalue weighted by atomic mass is 9.86. The molecule has 2 aromatic rings. The van der Waals surface area contributed by atoms with Gasteiger partial charge in [-0.1, -0.05) is 68.8 Å². The molecule has 1 fully saturated rings. The van der Waals surface area contributed by atoms with Crippen LogP contribution in [0.1, 0.15) is 43.9 Å². The van der Waals surface area contributed by atoms with E-state index in [2.05, 4.69) is 32.9 Å². The van der Waals surface area contributed by atoms with Crippen LogP contribution in [0.15, 0.2) is 48.5 Å². The van der Waals surface area contributed by atoms with E-state index >= 15 is 0 Å². The summed E-state index contributed by atoms with van der Waals surface area (Å²) in [6.07, 6.45) is 0.725. The molecule has 3 rings (SSSR count). The van der Waals surface area contributed by atoms with Gasteiger partial charge in [0.25, 0.3) is 0 Å². The van der Waals surface area contributed by atoms with Crippen LogP contribution in [0.4, 0.5) is 0 Å². The van der Waals surface area contributed by atoms with Gasteiger partial charge >= 0.3 is 0 Å². The lowest BCUT2D eigenvalue weighted by Crippen LogP contribution is -2.41. The molecule has 29 heavy (non-hydrogen) atoms. The number of hydrogen-bond donors (Lipinski definition) is 0. The van der Waals surface area contributed by atoms with Crippen molar-refractivity contribution in [3.8, 4) is 0 Å². The lowest BCUT2D eigenvalue weighted by molar-refractivity contribution is -0.133. The van der Waals surface area contributed by atoms with Crippen LogP contribution in [0.25, 0.3) is 0 Å². The third-order valence-corrected chi connectivity index (χ3v) is 7.41. The van der Waals surface area contributed by atoms with Gasteiger partial charge in [0.2, 0.25) is 5.91 Å². The van der Waals surface area contributed by atoms with Gasteiger partial charge in [-0.05, 0) is 40.7 Å². The quantitative estimate of drug-likeness (QED) is 0.702. The minimum atomic E-state index is -3.08. The lowest BCUT2D eigenvalue weighted by Gasteiger charge is -2.29. The van der Waals surface area contributed by atoms with Gasteiger partial charge in [0, 0.05) is 17.6 Å². The van der Waals surface area contributed by atoms with Gasteiger partial charge in [-0.15, -0.1) is 0 Å². The van der Waals surface area contributed by atoms with Crippen LogP contribution in [0, 0.1) is 0 Å². The molecule has 1 saturated heterocycles. The molecule has 1 heterocycles. The van der Waals surface area contributed by atoms with Crippen molar-refractivity contribution in [2.45, 2.75) is 51.6 Å². The Morgan fingerprint density at radius 3 is 2.14 bits per heavy atom. The zero-order chi connectivity index (χ0) is 21.2. The molecule has 0 saturated carbocycles. The number of hydrogen-bond acceptors (Lipinski definition) is 3. The van der Waals surface area contributed by atoms with Gasteiger partial charge in [-0.3, -0.25) is 4.79 Å². The first kappa shape index (κ1) is 21.8. The summed E-state index contributed by atoms with van der Waals surface area (Å²) >= 11 is 5.94. The molecule has 0 spiro atoms. The number of rotatable bonds is 5. The number of benzene rings is 2. The highest BCUT2D eigenvalue weighted by Crippen LogP contribution is 2.25. The molecule has 0 radical (unpaired) electrons. The highest BCUT2D eigenvalue weighted by Gasteiger charge is 2.34. The molecule has 6 heteroatoms. The van der Waals surface area contributed by atoms with E-state index in [4.69, 9.17) is 11.6 Å². The minimum Gasteiger partial charge on any atom is -0.334 e. The predicted molar refractivity (Wildman–Crippen MR) is 118 cm³/mol. The zero-order valence-corrected chi connectivity index (χ0v) is 18.8. The van der Waals surface area contributed by atoms with Crippen molar-refractivity contribution in [2.24, 2.45) is 0 Å². The highest BCUT2D eigenvalue weighted by atomic mass is 35.5. The van der Waals surface area contributed by atoms with Crippen molar-refractivity contribution < 1.29 is 13.2 Å². The molecule has 1 aliphatic heterocycles. The summed E-state index contributed by atoms with van der Waals surface area (Å²) in [7, 11) is -3.08. The largest absolute Gasteiger partial charge is 0.334 e. The summed E-state index contributed by atoms with van der Waals surface area (Å²) < 4.78 is 24.0. The first-order valence-corrected chi connectivity index (χ1v) is 12.1. The van der Waals surface area contributed by atoms with Crippen molar-refractivity contribution in [1.82, 2.24) is 4.90 Å². The van der Waals surface area contributed by atoms with Crippen LogP contribution in [-0.4, -0.2) is 36.8 Å². The average molecular weight is 434 g/mol. The summed E-state index contributed by atoms with van der Waals surface area (Å²) in [5.41, 5.74) is 3.16. The number of carbonyl (C=O) groups excluding carboxylic acids is 1. The summed E-state index contributed by atoms with van der Waals surface area (Å²) in [4.78, 5) is 14.9. The van der Waals surface area contributed by atoms with Crippen LogP contribution in [-0.2, 0) is 33.0 Å². The Kier molecular flexibility index (Phi) is 6.39. The van der Waals surface area contributed by atoms with Crippen molar-refractivity contribution in [3.63, 3.8) is 0 Å². The summed E-state index contributed by atoms with van der Waals surface area (Å²) in [5.74, 6) is 0.124. The standard InChI is InChI=1S/C23H28ClNO3S/c1-23(2,3)19-8-4-18(5-9-19)15-25(21-12-13-29(27,28)16-21)22(26)14-17-6-10-20(24)11-7-17/h4-11,21H,12-16H2,1-3H3. The SMILES string of the molecule is CC(C)(C)c1ccc(CN(C(=O)Cc2ccc(Cl)cc2)C2CCS(=O)(=O)C2)cc1. The number of amides is 1. The first-order chi connectivity index (χ1) is 13.5. The summed E-state index contributed by atoms with van der Waals surface area (Å²) in [6, 6.07) is 15.2. The second kappa shape index (κ2) is 8.49. The van der Waals surface area contributed by atoms with Gasteiger partial charge in [0.15, 0.2) is 9.84 Å². The van der Waals surface area contributed by atoms with E-state index in [0.29, 0.717) is 18.0 Å². The molecular formula is C23H28ClNO3S. The number of sulfone groups is 1. The third-order valence-electron chi connectivity index (χ3n) is 5.41. The fourth-order valence-corrected chi connectivity index (χ4v) is 5.48. The Morgan fingerprint density at radius 1 is 1.03 bits per heavy atom. The topological polar surface area (TPSA) is 54.5 Å². The maximum Gasteiger partial charge on any atom is 0.227 e. The number of nitrogens with zero attached hydrogens (tertiary/aromatic N) is 1. The van der Waals surface area contributed by atoms with Crippen LogP contribution < -0.4 is 0 Å². The molecule has 1 atom stereocenters. The first-order valence-electron chi connectivity index (χ1n) is 9.87. The second-order valence-electron chi connectivity index (χ2n) is 8.83. The fraction of sp³-hybridized carbons (Fsp3) is 0.435. The molecule has 0 N–H and O–H groups in total. The molecule has 1 aliphatic rings. The van der Waals surface area contributed by atoms with Gasteiger partial charge in [0.1, 0.15) is 0 Å². The molecular weight excluding hydrogens is 406 g/mol. The van der Waals surface area contributed by atoms with Crippen LogP contribution in [0.2, 0.25) is 5.02 Å². The predicted octanol–water partition coefficient (Wildman–Crippen LogP) is 4.40. The summed E-state index contributed by atoms with van der Waals surface area (Å²) in [6.45, 7) is 6.89. The van der Waals surface area contributed by atoms with E-state index in [9.17, 15) is 13.2 Å². The minimum absolute atomic E-state index is 0.0411. The van der Waals surface area contributed by atoms with Crippen LogP contribution >= 0.6 is 11.6 Å². The maximum atomic E-state index is 13.1. The smallest absolute Gasteiger partial charge is 0.227 e. The molecule has 4 nitrogen and oxygen atoms in total. The number of carbonyl (C=O) groups is 1. The van der Waals surface area contributed by atoms with Crippen molar-refractivity contribution >= 4 is 27.3 Å². The molecule has 0 bridgehead atoms. The van der Waals surface area contributed by atoms with Gasteiger partial charge in [-0.2, -0.15) is 0 Å². The Labute approximate surface area is 178 Å². The van der Waals surface area contributed by atoms with Gasteiger partial charge in [-0.25, -0.2) is 8.42 Å². The van der Waals surface area contributed by atoms with Crippen LogP contribution in [0.3, 0.4) is 0 Å². The molecule has 1 amide bonds. The van der Waals surface area contributed by atoms with Crippen molar-refractivity contribution in [2.75, 3.05) is 11.5 Å². The molecule has 0 aromatic heterocycles. The Hall–Kier alpha value is -1.85. The van der Waals surface area contributed by atoms with Gasteiger partial charge < -0.3 is 4.90 Å². The van der Waals surface area contributed by atoms with E-state index in [0.717, 1.165) is 11.1 Å². The van der Waals surface area contributed by atoms with E-state index in [1.54, 1.807) is 17.0 Å². The normalized spacial score (nSPS) is 18.6. The molecule has 0 aliphatic carbocycles. The fourth-order valence-electron chi connectivity index (χ4n) is 3.63. The molecule has 1 unspecified atom stereocenters. The van der Waals surface area contributed by atoms with E-state index in [1.165, 1.54) is 5.56 Å². The van der Waals surface area contributed by atoms with E-state index < -0.39 is 9.84 Å². The Balaban J connectivity index is 1.81. The summed E-state index contributed by atoms with van der Waals surface area (Å²) in [5, 5.41) is 0.624. The average Bonchev–Trinajstić information content (AvgIpc) is 3.00.